The first-order valence-corrected chi connectivity index (χ1v) is 5.02. The Morgan fingerprint density at radius 1 is 1.40 bits per heavy atom. The van der Waals surface area contributed by atoms with Gasteiger partial charge in [-0.25, -0.2) is 0 Å². The number of nitrogens with two attached hydrogens (primary N) is 1. The molecular weight excluding hydrogens is 210 g/mol. The molecule has 1 aliphatic rings. The molecule has 5 heteroatoms. The van der Waals surface area contributed by atoms with Gasteiger partial charge in [-0.2, -0.15) is 0 Å². The zero-order chi connectivity index (χ0) is 10.8. The Labute approximate surface area is 92.8 Å². The minimum atomic E-state index is -0.359. The Kier molecular flexibility index (Phi) is 2.55. The summed E-state index contributed by atoms with van der Waals surface area (Å²) in [5.74, 6) is -0.359. The lowest BCUT2D eigenvalue weighted by molar-refractivity contribution is -0.118. The summed E-state index contributed by atoms with van der Waals surface area (Å²) in [4.78, 5) is 11.4. The van der Waals surface area contributed by atoms with Gasteiger partial charge in [0.05, 0.1) is 6.42 Å². The summed E-state index contributed by atoms with van der Waals surface area (Å²) in [6, 6.07) is 7.69. The molecule has 0 radical (unpaired) electrons. The van der Waals surface area contributed by atoms with Gasteiger partial charge in [-0.05, 0) is 12.1 Å². The van der Waals surface area contributed by atoms with Gasteiger partial charge in [-0.3, -0.25) is 4.79 Å². The second-order valence-electron chi connectivity index (χ2n) is 3.39. The van der Waals surface area contributed by atoms with E-state index >= 15 is 0 Å². The zero-order valence-corrected chi connectivity index (χ0v) is 8.80. The molecule has 0 aliphatic carbocycles. The maximum Gasteiger partial charge on any atom is 0.221 e. The number of thiocarbonyl (C=S) groups is 1. The molecule has 1 aliphatic heterocycles. The highest BCUT2D eigenvalue weighted by Crippen LogP contribution is 2.20. The summed E-state index contributed by atoms with van der Waals surface area (Å²) >= 11 is 5.19. The molecule has 0 aromatic heterocycles. The molecule has 15 heavy (non-hydrogen) atoms. The summed E-state index contributed by atoms with van der Waals surface area (Å²) in [6.45, 7) is 0. The number of benzene rings is 1. The van der Waals surface area contributed by atoms with Crippen LogP contribution >= 0.6 is 12.2 Å². The van der Waals surface area contributed by atoms with E-state index in [2.05, 4.69) is 10.6 Å². The Bertz CT molecular complexity index is 419. The lowest BCUT2D eigenvalue weighted by Crippen LogP contribution is -2.46. The number of hydrogen-bond acceptors (Lipinski definition) is 3. The lowest BCUT2D eigenvalue weighted by atomic mass is 10.1. The maximum atomic E-state index is 10.8. The van der Waals surface area contributed by atoms with Crippen molar-refractivity contribution in [3.63, 3.8) is 0 Å². The van der Waals surface area contributed by atoms with Gasteiger partial charge in [0.25, 0.3) is 0 Å². The number of rotatable bonds is 2. The van der Waals surface area contributed by atoms with Crippen LogP contribution in [0.3, 0.4) is 0 Å². The molecule has 1 unspecified atom stereocenters. The number of hydrogen-bond donors (Lipinski definition) is 3. The van der Waals surface area contributed by atoms with E-state index in [-0.39, 0.29) is 18.5 Å². The van der Waals surface area contributed by atoms with Crippen molar-refractivity contribution in [2.75, 3.05) is 5.32 Å². The molecule has 4 nitrogen and oxygen atoms in total. The van der Waals surface area contributed by atoms with Crippen molar-refractivity contribution in [3.05, 3.63) is 29.8 Å². The van der Waals surface area contributed by atoms with Gasteiger partial charge in [0.2, 0.25) is 5.91 Å². The SMILES string of the molecule is NC(=O)CC1NC(=S)c2ccccc2N1. The second kappa shape index (κ2) is 3.86. The van der Waals surface area contributed by atoms with Crippen LogP contribution in [0.15, 0.2) is 24.3 Å². The number of primary amides is 1. The van der Waals surface area contributed by atoms with Crippen molar-refractivity contribution in [3.8, 4) is 0 Å². The second-order valence-corrected chi connectivity index (χ2v) is 3.79. The van der Waals surface area contributed by atoms with Gasteiger partial charge in [0.1, 0.15) is 11.2 Å². The van der Waals surface area contributed by atoms with Crippen molar-refractivity contribution >= 4 is 28.8 Å². The lowest BCUT2D eigenvalue weighted by Gasteiger charge is -2.28. The molecule has 0 bridgehead atoms. The predicted molar refractivity (Wildman–Crippen MR) is 62.5 cm³/mol. The van der Waals surface area contributed by atoms with Crippen LogP contribution in [0.1, 0.15) is 12.0 Å². The van der Waals surface area contributed by atoms with Crippen LogP contribution in [0.25, 0.3) is 0 Å². The summed E-state index contributed by atoms with van der Waals surface area (Å²) in [5, 5.41) is 6.18. The molecule has 0 saturated heterocycles. The number of anilines is 1. The first-order chi connectivity index (χ1) is 7.16. The van der Waals surface area contributed by atoms with Crippen LogP contribution in [-0.4, -0.2) is 17.1 Å². The van der Waals surface area contributed by atoms with E-state index in [9.17, 15) is 4.79 Å². The molecule has 4 N–H and O–H groups in total. The van der Waals surface area contributed by atoms with Crippen molar-refractivity contribution in [1.29, 1.82) is 0 Å². The van der Waals surface area contributed by atoms with E-state index in [1.165, 1.54) is 0 Å². The van der Waals surface area contributed by atoms with Gasteiger partial charge < -0.3 is 16.4 Å². The third kappa shape index (κ3) is 2.07. The number of fused-ring (bicyclic) bond motifs is 1. The molecule has 0 saturated carbocycles. The highest BCUT2D eigenvalue weighted by atomic mass is 32.1. The van der Waals surface area contributed by atoms with Crippen molar-refractivity contribution in [1.82, 2.24) is 5.32 Å². The van der Waals surface area contributed by atoms with Crippen LogP contribution in [0.4, 0.5) is 5.69 Å². The fraction of sp³-hybridized carbons (Fsp3) is 0.200. The molecule has 1 aromatic rings. The molecule has 1 amide bonds. The normalized spacial score (nSPS) is 18.7. The highest BCUT2D eigenvalue weighted by Gasteiger charge is 2.21. The third-order valence-corrected chi connectivity index (χ3v) is 2.55. The fourth-order valence-corrected chi connectivity index (χ4v) is 1.89. The topological polar surface area (TPSA) is 67.2 Å². The van der Waals surface area contributed by atoms with E-state index in [1.54, 1.807) is 0 Å². The Morgan fingerprint density at radius 3 is 2.87 bits per heavy atom. The number of carbonyl (C=O) groups excluding carboxylic acids is 1. The minimum Gasteiger partial charge on any atom is -0.370 e. The van der Waals surface area contributed by atoms with Crippen molar-refractivity contribution in [2.45, 2.75) is 12.6 Å². The quantitative estimate of drug-likeness (QED) is 0.639. The summed E-state index contributed by atoms with van der Waals surface area (Å²) < 4.78 is 0. The van der Waals surface area contributed by atoms with E-state index < -0.39 is 0 Å². The first kappa shape index (κ1) is 9.92. The number of amides is 1. The monoisotopic (exact) mass is 221 g/mol. The van der Waals surface area contributed by atoms with Gasteiger partial charge in [0, 0.05) is 11.3 Å². The minimum absolute atomic E-state index is 0.204. The zero-order valence-electron chi connectivity index (χ0n) is 7.99. The maximum absolute atomic E-state index is 10.8. The van der Waals surface area contributed by atoms with Crippen molar-refractivity contribution in [2.24, 2.45) is 5.73 Å². The molecule has 2 rings (SSSR count). The van der Waals surface area contributed by atoms with Gasteiger partial charge in [-0.15, -0.1) is 0 Å². The Balaban J connectivity index is 2.23. The predicted octanol–water partition coefficient (Wildman–Crippen LogP) is 0.579. The van der Waals surface area contributed by atoms with Crippen LogP contribution in [0.2, 0.25) is 0 Å². The molecule has 1 aromatic carbocycles. The number of nitrogens with one attached hydrogen (secondary N) is 2. The molecular formula is C10H11N3OS. The van der Waals surface area contributed by atoms with E-state index in [4.69, 9.17) is 18.0 Å². The Morgan fingerprint density at radius 2 is 2.13 bits per heavy atom. The third-order valence-electron chi connectivity index (χ3n) is 2.21. The summed E-state index contributed by atoms with van der Waals surface area (Å²) in [6.07, 6.45) is 0.0129. The number of carbonyl (C=O) groups is 1. The van der Waals surface area contributed by atoms with Gasteiger partial charge in [0.15, 0.2) is 0 Å². The molecule has 78 valence electrons. The average Bonchev–Trinajstić information content (AvgIpc) is 2.16. The van der Waals surface area contributed by atoms with Crippen LogP contribution in [0, 0.1) is 0 Å². The summed E-state index contributed by atoms with van der Waals surface area (Å²) in [5.41, 5.74) is 7.02. The smallest absolute Gasteiger partial charge is 0.221 e. The number of para-hydroxylation sites is 1. The van der Waals surface area contributed by atoms with Gasteiger partial charge >= 0.3 is 0 Å². The van der Waals surface area contributed by atoms with Crippen molar-refractivity contribution < 1.29 is 4.79 Å². The van der Waals surface area contributed by atoms with E-state index in [0.717, 1.165) is 11.3 Å². The standard InChI is InChI=1S/C10H11N3OS/c11-8(14)5-9-12-7-4-2-1-3-6(7)10(15)13-9/h1-4,9,12H,5H2,(H2,11,14)(H,13,15). The fourth-order valence-electron chi connectivity index (χ4n) is 1.57. The largest absolute Gasteiger partial charge is 0.370 e. The van der Waals surface area contributed by atoms with Crippen LogP contribution in [-0.2, 0) is 4.79 Å². The summed E-state index contributed by atoms with van der Waals surface area (Å²) in [7, 11) is 0. The molecule has 0 fully saturated rings. The Hall–Kier alpha value is -1.62. The van der Waals surface area contributed by atoms with Gasteiger partial charge in [-0.1, -0.05) is 24.4 Å². The molecule has 1 atom stereocenters. The molecule has 0 spiro atoms. The average molecular weight is 221 g/mol. The van der Waals surface area contributed by atoms with Crippen LogP contribution < -0.4 is 16.4 Å². The highest BCUT2D eigenvalue weighted by molar-refractivity contribution is 7.80. The first-order valence-electron chi connectivity index (χ1n) is 4.61. The molecule has 1 heterocycles. The van der Waals surface area contributed by atoms with E-state index in [1.807, 2.05) is 24.3 Å². The van der Waals surface area contributed by atoms with E-state index in [0.29, 0.717) is 4.99 Å². The van der Waals surface area contributed by atoms with Crippen LogP contribution in [0.5, 0.6) is 0 Å².